The Morgan fingerprint density at radius 3 is 2.40 bits per heavy atom. The van der Waals surface area contributed by atoms with Crippen molar-refractivity contribution in [1.29, 1.82) is 0 Å². The highest BCUT2D eigenvalue weighted by Gasteiger charge is 2.49. The summed E-state index contributed by atoms with van der Waals surface area (Å²) in [6.07, 6.45) is -1.71. The van der Waals surface area contributed by atoms with Crippen molar-refractivity contribution in [1.82, 2.24) is 4.90 Å². The number of hydrogen-bond acceptors (Lipinski definition) is 6. The number of benzene rings is 1. The van der Waals surface area contributed by atoms with Gasteiger partial charge in [0, 0.05) is 13.5 Å². The van der Waals surface area contributed by atoms with Crippen LogP contribution in [0, 0.1) is 0 Å². The lowest BCUT2D eigenvalue weighted by Crippen LogP contribution is -2.46. The zero-order valence-corrected chi connectivity index (χ0v) is 14.9. The molecular formula is C18H23NO6. The Hall–Kier alpha value is -2.41. The highest BCUT2D eigenvalue weighted by molar-refractivity contribution is 6.01. The van der Waals surface area contributed by atoms with Crippen molar-refractivity contribution < 1.29 is 28.6 Å². The second kappa shape index (κ2) is 7.65. The van der Waals surface area contributed by atoms with Gasteiger partial charge in [-0.1, -0.05) is 30.3 Å². The van der Waals surface area contributed by atoms with Crippen LogP contribution < -0.4 is 0 Å². The van der Waals surface area contributed by atoms with Crippen LogP contribution in [0.15, 0.2) is 30.3 Å². The van der Waals surface area contributed by atoms with Gasteiger partial charge in [0.25, 0.3) is 5.91 Å². The second-order valence-electron chi connectivity index (χ2n) is 6.76. The van der Waals surface area contributed by atoms with E-state index in [0.717, 1.165) is 10.5 Å². The van der Waals surface area contributed by atoms with Gasteiger partial charge in [-0.2, -0.15) is 0 Å². The van der Waals surface area contributed by atoms with Crippen molar-refractivity contribution >= 4 is 18.0 Å². The molecule has 1 aromatic carbocycles. The molecule has 0 spiro atoms. The van der Waals surface area contributed by atoms with E-state index < -0.39 is 35.7 Å². The minimum Gasteiger partial charge on any atom is -0.459 e. The minimum absolute atomic E-state index is 0.0438. The third-order valence-electron chi connectivity index (χ3n) is 3.63. The van der Waals surface area contributed by atoms with Crippen LogP contribution in [-0.2, 0) is 30.4 Å². The second-order valence-corrected chi connectivity index (χ2v) is 6.76. The van der Waals surface area contributed by atoms with Crippen molar-refractivity contribution in [3.05, 3.63) is 35.9 Å². The number of esters is 1. The molecule has 0 bridgehead atoms. The highest BCUT2D eigenvalue weighted by Crippen LogP contribution is 2.25. The molecule has 0 saturated carbocycles. The van der Waals surface area contributed by atoms with E-state index in [0.29, 0.717) is 0 Å². The van der Waals surface area contributed by atoms with Crippen molar-refractivity contribution in [2.45, 2.75) is 51.5 Å². The zero-order chi connectivity index (χ0) is 18.6. The van der Waals surface area contributed by atoms with E-state index in [1.807, 2.05) is 30.3 Å². The lowest BCUT2D eigenvalue weighted by Gasteiger charge is -2.26. The third-order valence-corrected chi connectivity index (χ3v) is 3.63. The molecule has 0 radical (unpaired) electrons. The van der Waals surface area contributed by atoms with E-state index in [-0.39, 0.29) is 13.0 Å². The first-order valence-corrected chi connectivity index (χ1v) is 8.02. The average Bonchev–Trinajstić information content (AvgIpc) is 2.88. The molecule has 1 heterocycles. The smallest absolute Gasteiger partial charge is 0.417 e. The molecule has 25 heavy (non-hydrogen) atoms. The topological polar surface area (TPSA) is 82.1 Å². The van der Waals surface area contributed by atoms with Gasteiger partial charge in [0.05, 0.1) is 0 Å². The summed E-state index contributed by atoms with van der Waals surface area (Å²) in [7, 11) is 1.35. The standard InChI is InChI=1S/C18H23NO6/c1-18(2,3)25-17(22)19-13(10-14(23-4)15(19)20)16(21)24-11-12-8-6-5-7-9-12/h5-9,13-14H,10-11H2,1-4H3/t13-,14-/m1/s1. The Morgan fingerprint density at radius 1 is 1.20 bits per heavy atom. The fourth-order valence-corrected chi connectivity index (χ4v) is 2.47. The molecule has 7 nitrogen and oxygen atoms in total. The number of nitrogens with zero attached hydrogens (tertiary/aromatic N) is 1. The number of likely N-dealkylation sites (tertiary alicyclic amines) is 1. The van der Waals surface area contributed by atoms with Crippen LogP contribution in [0.4, 0.5) is 4.79 Å². The molecule has 1 saturated heterocycles. The van der Waals surface area contributed by atoms with Gasteiger partial charge in [-0.3, -0.25) is 4.79 Å². The maximum Gasteiger partial charge on any atom is 0.417 e. The largest absolute Gasteiger partial charge is 0.459 e. The maximum absolute atomic E-state index is 12.4. The van der Waals surface area contributed by atoms with Gasteiger partial charge in [0.1, 0.15) is 24.4 Å². The quantitative estimate of drug-likeness (QED) is 0.776. The summed E-state index contributed by atoms with van der Waals surface area (Å²) in [6, 6.07) is 8.09. The minimum atomic E-state index is -1.06. The number of hydrogen-bond donors (Lipinski definition) is 0. The summed E-state index contributed by atoms with van der Waals surface area (Å²) >= 11 is 0. The van der Waals surface area contributed by atoms with Crippen LogP contribution in [0.1, 0.15) is 32.8 Å². The van der Waals surface area contributed by atoms with Gasteiger partial charge in [-0.05, 0) is 26.3 Å². The first-order chi connectivity index (χ1) is 11.7. The average molecular weight is 349 g/mol. The summed E-state index contributed by atoms with van der Waals surface area (Å²) in [5.74, 6) is -1.26. The predicted molar refractivity (Wildman–Crippen MR) is 88.5 cm³/mol. The van der Waals surface area contributed by atoms with Crippen molar-refractivity contribution in [2.24, 2.45) is 0 Å². The van der Waals surface area contributed by atoms with Crippen LogP contribution in [0.5, 0.6) is 0 Å². The number of amides is 2. The monoisotopic (exact) mass is 349 g/mol. The molecule has 1 aliphatic heterocycles. The normalized spacial score (nSPS) is 20.5. The summed E-state index contributed by atoms with van der Waals surface area (Å²) in [5.41, 5.74) is 0.0216. The molecule has 1 aromatic rings. The van der Waals surface area contributed by atoms with Crippen molar-refractivity contribution in [3.8, 4) is 0 Å². The SMILES string of the molecule is CO[C@@H]1C[C@H](C(=O)OCc2ccccc2)N(C(=O)OC(C)(C)C)C1=O. The number of ether oxygens (including phenoxy) is 3. The van der Waals surface area contributed by atoms with E-state index in [4.69, 9.17) is 14.2 Å². The molecule has 0 aliphatic carbocycles. The Labute approximate surface area is 146 Å². The van der Waals surface area contributed by atoms with Crippen molar-refractivity contribution in [2.75, 3.05) is 7.11 Å². The highest BCUT2D eigenvalue weighted by atomic mass is 16.6. The molecule has 0 N–H and O–H groups in total. The molecule has 1 fully saturated rings. The molecule has 136 valence electrons. The number of carbonyl (C=O) groups is 3. The Balaban J connectivity index is 2.10. The summed E-state index contributed by atoms with van der Waals surface area (Å²) < 4.78 is 15.6. The molecule has 7 heteroatoms. The molecule has 2 atom stereocenters. The van der Waals surface area contributed by atoms with Gasteiger partial charge in [0.2, 0.25) is 0 Å². The zero-order valence-electron chi connectivity index (χ0n) is 14.9. The fraction of sp³-hybridized carbons (Fsp3) is 0.500. The third kappa shape index (κ3) is 4.79. The van der Waals surface area contributed by atoms with Crippen LogP contribution in [-0.4, -0.2) is 47.7 Å². The first kappa shape index (κ1) is 18.9. The maximum atomic E-state index is 12.4. The predicted octanol–water partition coefficient (Wildman–Crippen LogP) is 2.28. The lowest BCUT2D eigenvalue weighted by molar-refractivity contribution is -0.152. The van der Waals surface area contributed by atoms with E-state index in [9.17, 15) is 14.4 Å². The van der Waals surface area contributed by atoms with Gasteiger partial charge in [-0.25, -0.2) is 14.5 Å². The Bertz CT molecular complexity index is 637. The molecule has 2 amide bonds. The van der Waals surface area contributed by atoms with E-state index in [1.54, 1.807) is 20.8 Å². The molecule has 0 unspecified atom stereocenters. The Morgan fingerprint density at radius 2 is 1.84 bits per heavy atom. The van der Waals surface area contributed by atoms with Gasteiger partial charge < -0.3 is 14.2 Å². The number of carbonyl (C=O) groups excluding carboxylic acids is 3. The summed E-state index contributed by atoms with van der Waals surface area (Å²) in [4.78, 5) is 37.9. The molecule has 2 rings (SSSR count). The van der Waals surface area contributed by atoms with Gasteiger partial charge in [-0.15, -0.1) is 0 Å². The molecular weight excluding hydrogens is 326 g/mol. The number of rotatable bonds is 4. The van der Waals surface area contributed by atoms with Gasteiger partial charge in [0.15, 0.2) is 0 Å². The number of imide groups is 1. The molecule has 0 aromatic heterocycles. The van der Waals surface area contributed by atoms with Crippen LogP contribution in [0.2, 0.25) is 0 Å². The first-order valence-electron chi connectivity index (χ1n) is 8.02. The lowest BCUT2D eigenvalue weighted by atomic mass is 10.2. The van der Waals surface area contributed by atoms with E-state index in [2.05, 4.69) is 0 Å². The van der Waals surface area contributed by atoms with Crippen LogP contribution in [0.25, 0.3) is 0 Å². The van der Waals surface area contributed by atoms with Crippen LogP contribution >= 0.6 is 0 Å². The van der Waals surface area contributed by atoms with E-state index >= 15 is 0 Å². The summed E-state index contributed by atoms with van der Waals surface area (Å²) in [5, 5.41) is 0. The Kier molecular flexibility index (Phi) is 5.79. The van der Waals surface area contributed by atoms with Crippen LogP contribution in [0.3, 0.4) is 0 Å². The number of methoxy groups -OCH3 is 1. The van der Waals surface area contributed by atoms with Crippen molar-refractivity contribution in [3.63, 3.8) is 0 Å². The summed E-state index contributed by atoms with van der Waals surface area (Å²) in [6.45, 7) is 5.11. The fourth-order valence-electron chi connectivity index (χ4n) is 2.47. The molecule has 1 aliphatic rings. The van der Waals surface area contributed by atoms with Gasteiger partial charge >= 0.3 is 12.1 Å². The van der Waals surface area contributed by atoms with E-state index in [1.165, 1.54) is 7.11 Å².